The zero-order chi connectivity index (χ0) is 16.8. The highest BCUT2D eigenvalue weighted by molar-refractivity contribution is 7.53. The maximum Gasteiger partial charge on any atom is 0.443 e. The average molecular weight is 378 g/mol. The number of aromatic nitrogens is 1. The first-order valence-electron chi connectivity index (χ1n) is 6.27. The van der Waals surface area contributed by atoms with Gasteiger partial charge in [0.05, 0.1) is 10.5 Å². The van der Waals surface area contributed by atoms with E-state index in [2.05, 4.69) is 9.51 Å². The second-order valence-electron chi connectivity index (χ2n) is 4.68. The Labute approximate surface area is 139 Å². The topological polar surface area (TPSA) is 59.4 Å². The molecule has 1 atom stereocenters. The fourth-order valence-electron chi connectivity index (χ4n) is 2.18. The van der Waals surface area contributed by atoms with Crippen molar-refractivity contribution in [3.8, 4) is 5.88 Å². The Morgan fingerprint density at radius 2 is 1.78 bits per heavy atom. The summed E-state index contributed by atoms with van der Waals surface area (Å²) in [4.78, 5) is 13.3. The van der Waals surface area contributed by atoms with Crippen molar-refractivity contribution in [1.82, 2.24) is 4.98 Å². The van der Waals surface area contributed by atoms with Gasteiger partial charge >= 0.3 is 13.8 Å². The lowest BCUT2D eigenvalue weighted by Gasteiger charge is -2.15. The normalized spacial score (nSPS) is 14.3. The summed E-state index contributed by atoms with van der Waals surface area (Å²) < 4.78 is 41.4. The lowest BCUT2D eigenvalue weighted by atomic mass is 10.1. The zero-order valence-corrected chi connectivity index (χ0v) is 13.6. The van der Waals surface area contributed by atoms with Crippen molar-refractivity contribution in [2.45, 2.75) is 6.17 Å². The number of hydrogen-bond donors (Lipinski definition) is 1. The second kappa shape index (κ2) is 5.87. The molecular formula is C14H8Cl2F2NO3P. The van der Waals surface area contributed by atoms with Gasteiger partial charge in [0.1, 0.15) is 0 Å². The van der Waals surface area contributed by atoms with E-state index in [1.165, 1.54) is 12.1 Å². The Kier molecular flexibility index (Phi) is 4.19. The summed E-state index contributed by atoms with van der Waals surface area (Å²) in [5.74, 6) is -0.386. The first-order valence-corrected chi connectivity index (χ1v) is 8.67. The Hall–Kier alpha value is -1.46. The van der Waals surface area contributed by atoms with Gasteiger partial charge in [-0.2, -0.15) is 8.78 Å². The molecule has 120 valence electrons. The van der Waals surface area contributed by atoms with Crippen molar-refractivity contribution in [1.29, 1.82) is 0 Å². The Morgan fingerprint density at radius 1 is 1.13 bits per heavy atom. The zero-order valence-electron chi connectivity index (χ0n) is 11.2. The van der Waals surface area contributed by atoms with Gasteiger partial charge in [-0.1, -0.05) is 41.4 Å². The molecule has 0 saturated heterocycles. The van der Waals surface area contributed by atoms with E-state index in [9.17, 15) is 18.2 Å². The van der Waals surface area contributed by atoms with Crippen LogP contribution in [-0.2, 0) is 4.57 Å². The van der Waals surface area contributed by atoms with E-state index in [0.717, 1.165) is 0 Å². The lowest BCUT2D eigenvalue weighted by Crippen LogP contribution is -2.03. The van der Waals surface area contributed by atoms with Crippen molar-refractivity contribution in [2.75, 3.05) is 0 Å². The van der Waals surface area contributed by atoms with Crippen molar-refractivity contribution in [3.63, 3.8) is 0 Å². The second-order valence-corrected chi connectivity index (χ2v) is 7.22. The quantitative estimate of drug-likeness (QED) is 0.484. The lowest BCUT2D eigenvalue weighted by molar-refractivity contribution is 0.187. The summed E-state index contributed by atoms with van der Waals surface area (Å²) >= 11 is 12.1. The molecule has 23 heavy (non-hydrogen) atoms. The monoisotopic (exact) mass is 377 g/mol. The summed E-state index contributed by atoms with van der Waals surface area (Å²) in [6, 6.07) is 9.61. The average Bonchev–Trinajstić information content (AvgIpc) is 2.48. The summed E-state index contributed by atoms with van der Waals surface area (Å²) in [5.41, 5.74) is 0.235. The van der Waals surface area contributed by atoms with E-state index in [-0.39, 0.29) is 16.4 Å². The minimum absolute atomic E-state index is 0.174. The minimum atomic E-state index is -5.16. The standard InChI is InChI=1S/C14H8Cl2F2NO3P/c15-7-5-10-8-3-1-2-4-9(8)13(19-12(10)11(16)6-7)22-23(20,21)14(17)18/h1-6,14H,(H,20,21). The van der Waals surface area contributed by atoms with Crippen LogP contribution in [0, 0.1) is 0 Å². The number of halogens is 4. The third kappa shape index (κ3) is 3.00. The van der Waals surface area contributed by atoms with Crippen LogP contribution in [-0.4, -0.2) is 16.0 Å². The molecule has 0 spiro atoms. The first kappa shape index (κ1) is 16.4. The van der Waals surface area contributed by atoms with Crippen molar-refractivity contribution >= 4 is 52.5 Å². The predicted octanol–water partition coefficient (Wildman–Crippen LogP) is 5.48. The molecule has 0 bridgehead atoms. The Morgan fingerprint density at radius 3 is 2.43 bits per heavy atom. The van der Waals surface area contributed by atoms with Gasteiger partial charge in [-0.3, -0.25) is 0 Å². The minimum Gasteiger partial charge on any atom is -0.402 e. The van der Waals surface area contributed by atoms with Gasteiger partial charge in [-0.05, 0) is 23.6 Å². The van der Waals surface area contributed by atoms with E-state index in [0.29, 0.717) is 21.2 Å². The number of nitrogens with zero attached hydrogens (tertiary/aromatic N) is 1. The maximum atomic E-state index is 12.6. The molecule has 2 aromatic carbocycles. The van der Waals surface area contributed by atoms with E-state index >= 15 is 0 Å². The van der Waals surface area contributed by atoms with Crippen LogP contribution in [0.25, 0.3) is 21.7 Å². The van der Waals surface area contributed by atoms with E-state index < -0.39 is 13.8 Å². The fraction of sp³-hybridized carbons (Fsp3) is 0.0714. The molecule has 0 aliphatic carbocycles. The Balaban J connectivity index is 2.35. The highest BCUT2D eigenvalue weighted by Gasteiger charge is 2.35. The van der Waals surface area contributed by atoms with Crippen LogP contribution in [0.15, 0.2) is 36.4 Å². The van der Waals surface area contributed by atoms with E-state index in [1.54, 1.807) is 24.3 Å². The number of hydrogen-bond acceptors (Lipinski definition) is 3. The van der Waals surface area contributed by atoms with Gasteiger partial charge in [0.2, 0.25) is 5.88 Å². The molecule has 0 fully saturated rings. The predicted molar refractivity (Wildman–Crippen MR) is 85.7 cm³/mol. The largest absolute Gasteiger partial charge is 0.443 e. The summed E-state index contributed by atoms with van der Waals surface area (Å²) in [5, 5.41) is 1.99. The van der Waals surface area contributed by atoms with Gasteiger partial charge in [-0.25, -0.2) is 9.55 Å². The highest BCUT2D eigenvalue weighted by Crippen LogP contribution is 2.50. The molecule has 1 N–H and O–H groups in total. The molecule has 0 radical (unpaired) electrons. The number of fused-ring (bicyclic) bond motifs is 3. The van der Waals surface area contributed by atoms with Crippen LogP contribution < -0.4 is 4.52 Å². The number of benzene rings is 2. The van der Waals surface area contributed by atoms with Gasteiger partial charge in [0.25, 0.3) is 0 Å². The molecule has 1 unspecified atom stereocenters. The smallest absolute Gasteiger partial charge is 0.402 e. The van der Waals surface area contributed by atoms with E-state index in [4.69, 9.17) is 23.2 Å². The molecule has 0 aliphatic heterocycles. The molecule has 3 rings (SSSR count). The van der Waals surface area contributed by atoms with Crippen LogP contribution in [0.5, 0.6) is 5.88 Å². The van der Waals surface area contributed by atoms with Crippen LogP contribution in [0.3, 0.4) is 0 Å². The SMILES string of the molecule is O=P(O)(Oc1nc2c(Cl)cc(Cl)cc2c2ccccc12)C(F)F. The summed E-state index contributed by atoms with van der Waals surface area (Å²) in [7, 11) is -5.16. The van der Waals surface area contributed by atoms with Gasteiger partial charge in [-0.15, -0.1) is 0 Å². The fourth-order valence-corrected chi connectivity index (χ4v) is 3.19. The van der Waals surface area contributed by atoms with Crippen molar-refractivity contribution in [2.24, 2.45) is 0 Å². The molecule has 4 nitrogen and oxygen atoms in total. The molecule has 0 amide bonds. The van der Waals surface area contributed by atoms with Crippen molar-refractivity contribution in [3.05, 3.63) is 46.4 Å². The molecule has 0 saturated carbocycles. The van der Waals surface area contributed by atoms with Gasteiger partial charge < -0.3 is 9.42 Å². The first-order chi connectivity index (χ1) is 10.8. The third-order valence-electron chi connectivity index (χ3n) is 3.15. The number of alkyl halides is 2. The molecule has 1 aromatic heterocycles. The van der Waals surface area contributed by atoms with Crippen LogP contribution in [0.1, 0.15) is 0 Å². The van der Waals surface area contributed by atoms with Gasteiger partial charge in [0, 0.05) is 15.8 Å². The summed E-state index contributed by atoms with van der Waals surface area (Å²) in [6.07, 6.45) is -3.54. The molecule has 0 aliphatic rings. The number of pyridine rings is 1. The summed E-state index contributed by atoms with van der Waals surface area (Å²) in [6.45, 7) is 0. The van der Waals surface area contributed by atoms with E-state index in [1.807, 2.05) is 0 Å². The van der Waals surface area contributed by atoms with Crippen LogP contribution >= 0.6 is 30.8 Å². The third-order valence-corrected chi connectivity index (χ3v) is 4.59. The molecule has 9 heteroatoms. The maximum absolute atomic E-state index is 12.6. The van der Waals surface area contributed by atoms with Crippen LogP contribution in [0.2, 0.25) is 10.0 Å². The van der Waals surface area contributed by atoms with Crippen molar-refractivity contribution < 1.29 is 22.8 Å². The Bertz CT molecular complexity index is 968. The molecule has 1 heterocycles. The number of rotatable bonds is 3. The van der Waals surface area contributed by atoms with Gasteiger partial charge in [0.15, 0.2) is 0 Å². The van der Waals surface area contributed by atoms with Crippen LogP contribution in [0.4, 0.5) is 8.78 Å². The molecular weight excluding hydrogens is 370 g/mol. The highest BCUT2D eigenvalue weighted by atomic mass is 35.5. The molecule has 3 aromatic rings.